The lowest BCUT2D eigenvalue weighted by molar-refractivity contribution is -0.124. The van der Waals surface area contributed by atoms with E-state index in [1.165, 1.54) is 27.1 Å². The summed E-state index contributed by atoms with van der Waals surface area (Å²) >= 11 is 0. The number of nitrogens with zero attached hydrogens (tertiary/aromatic N) is 4. The van der Waals surface area contributed by atoms with Gasteiger partial charge in [-0.1, -0.05) is 0 Å². The number of aryl methyl sites for hydroxylation is 1. The van der Waals surface area contributed by atoms with Crippen LogP contribution in [0.25, 0.3) is 0 Å². The lowest BCUT2D eigenvalue weighted by atomic mass is 10.1. The zero-order valence-electron chi connectivity index (χ0n) is 13.4. The first kappa shape index (κ1) is 17.4. The Hall–Kier alpha value is -1.94. The molecular weight excluding hydrogens is 322 g/mol. The second kappa shape index (κ2) is 6.67. The van der Waals surface area contributed by atoms with Crippen LogP contribution in [0.3, 0.4) is 0 Å². The zero-order chi connectivity index (χ0) is 17.2. The minimum atomic E-state index is -3.43. The van der Waals surface area contributed by atoms with E-state index in [2.05, 4.69) is 10.4 Å². The number of carbonyl (C=O) groups excluding carboxylic acids is 2. The number of hydrogen-bond donors (Lipinski definition) is 1. The van der Waals surface area contributed by atoms with Crippen LogP contribution in [0.1, 0.15) is 10.4 Å². The molecule has 2 heterocycles. The fourth-order valence-corrected chi connectivity index (χ4v) is 3.42. The van der Waals surface area contributed by atoms with Crippen molar-refractivity contribution < 1.29 is 18.0 Å². The topological polar surface area (TPSA) is 105 Å². The summed E-state index contributed by atoms with van der Waals surface area (Å²) in [6.07, 6.45) is 4.15. The molecule has 1 aromatic heterocycles. The lowest BCUT2D eigenvalue weighted by Crippen LogP contribution is -2.42. The summed E-state index contributed by atoms with van der Waals surface area (Å²) in [6.45, 7) is 0.626. The maximum Gasteiger partial charge on any atom is 0.257 e. The second-order valence-corrected chi connectivity index (χ2v) is 7.57. The molecule has 1 aromatic rings. The van der Waals surface area contributed by atoms with Crippen molar-refractivity contribution >= 4 is 21.8 Å². The molecule has 0 saturated carbocycles. The summed E-state index contributed by atoms with van der Waals surface area (Å²) in [4.78, 5) is 26.1. The fourth-order valence-electron chi connectivity index (χ4n) is 2.55. The number of sulfonamides is 1. The highest BCUT2D eigenvalue weighted by atomic mass is 32.2. The largest absolute Gasteiger partial charge is 0.359 e. The Kier molecular flexibility index (Phi) is 5.05. The Morgan fingerprint density at radius 2 is 2.00 bits per heavy atom. The van der Waals surface area contributed by atoms with E-state index in [9.17, 15) is 18.0 Å². The molecule has 1 saturated heterocycles. The fraction of sp³-hybridized carbons (Fsp3) is 0.615. The van der Waals surface area contributed by atoms with Gasteiger partial charge in [0.1, 0.15) is 0 Å². The van der Waals surface area contributed by atoms with Crippen LogP contribution < -0.4 is 5.32 Å². The van der Waals surface area contributed by atoms with Gasteiger partial charge in [-0.3, -0.25) is 14.3 Å². The minimum absolute atomic E-state index is 0.0648. The molecule has 128 valence electrons. The summed E-state index contributed by atoms with van der Waals surface area (Å²) in [5, 5.41) is 6.49. The molecular formula is C13H21N5O4S. The SMILES string of the molecule is CNC(=O)[C@@H]1CN(C(=O)c2cnn(C)c2)CCN(S(C)(=O)=O)C1. The van der Waals surface area contributed by atoms with E-state index in [0.717, 1.165) is 6.26 Å². The van der Waals surface area contributed by atoms with E-state index in [0.29, 0.717) is 5.56 Å². The Bertz CT molecular complexity index is 699. The van der Waals surface area contributed by atoms with E-state index in [4.69, 9.17) is 0 Å². The molecule has 23 heavy (non-hydrogen) atoms. The van der Waals surface area contributed by atoms with Gasteiger partial charge in [0.15, 0.2) is 0 Å². The molecule has 1 atom stereocenters. The average Bonchev–Trinajstić information content (AvgIpc) is 2.78. The molecule has 2 amide bonds. The highest BCUT2D eigenvalue weighted by molar-refractivity contribution is 7.88. The van der Waals surface area contributed by atoms with Crippen molar-refractivity contribution in [3.8, 4) is 0 Å². The van der Waals surface area contributed by atoms with Crippen LogP contribution in [0.15, 0.2) is 12.4 Å². The van der Waals surface area contributed by atoms with E-state index in [1.54, 1.807) is 13.2 Å². The van der Waals surface area contributed by atoms with Gasteiger partial charge in [0.2, 0.25) is 15.9 Å². The number of nitrogens with one attached hydrogen (secondary N) is 1. The lowest BCUT2D eigenvalue weighted by Gasteiger charge is -2.22. The van der Waals surface area contributed by atoms with Gasteiger partial charge in [-0.25, -0.2) is 8.42 Å². The van der Waals surface area contributed by atoms with Crippen LogP contribution in [0.2, 0.25) is 0 Å². The number of hydrogen-bond acceptors (Lipinski definition) is 5. The van der Waals surface area contributed by atoms with Crippen molar-refractivity contribution in [3.05, 3.63) is 18.0 Å². The molecule has 0 spiro atoms. The molecule has 10 heteroatoms. The van der Waals surface area contributed by atoms with E-state index < -0.39 is 15.9 Å². The van der Waals surface area contributed by atoms with Gasteiger partial charge >= 0.3 is 0 Å². The highest BCUT2D eigenvalue weighted by Crippen LogP contribution is 2.15. The van der Waals surface area contributed by atoms with Gasteiger partial charge in [0.25, 0.3) is 5.91 Å². The monoisotopic (exact) mass is 343 g/mol. The van der Waals surface area contributed by atoms with Crippen molar-refractivity contribution in [3.63, 3.8) is 0 Å². The normalized spacial score (nSPS) is 20.1. The number of carbonyl (C=O) groups is 2. The van der Waals surface area contributed by atoms with Crippen LogP contribution >= 0.6 is 0 Å². The van der Waals surface area contributed by atoms with Crippen molar-refractivity contribution in [1.29, 1.82) is 0 Å². The molecule has 1 N–H and O–H groups in total. The van der Waals surface area contributed by atoms with Gasteiger partial charge in [0.05, 0.1) is 23.9 Å². The maximum atomic E-state index is 12.6. The Balaban J connectivity index is 2.24. The quantitative estimate of drug-likeness (QED) is 0.719. The highest BCUT2D eigenvalue weighted by Gasteiger charge is 2.33. The third-order valence-electron chi connectivity index (χ3n) is 3.81. The predicted octanol–water partition coefficient (Wildman–Crippen LogP) is -1.50. The van der Waals surface area contributed by atoms with Gasteiger partial charge < -0.3 is 10.2 Å². The molecule has 9 nitrogen and oxygen atoms in total. The third-order valence-corrected chi connectivity index (χ3v) is 5.08. The smallest absolute Gasteiger partial charge is 0.257 e. The van der Waals surface area contributed by atoms with Crippen molar-refractivity contribution in [2.75, 3.05) is 39.5 Å². The van der Waals surface area contributed by atoms with Crippen LogP contribution in [0, 0.1) is 5.92 Å². The first-order valence-corrected chi connectivity index (χ1v) is 9.02. The number of rotatable bonds is 3. The van der Waals surface area contributed by atoms with E-state index >= 15 is 0 Å². The third kappa shape index (κ3) is 4.08. The number of aromatic nitrogens is 2. The summed E-state index contributed by atoms with van der Waals surface area (Å²) in [5.41, 5.74) is 0.413. The van der Waals surface area contributed by atoms with Crippen molar-refractivity contribution in [1.82, 2.24) is 24.3 Å². The van der Waals surface area contributed by atoms with Gasteiger partial charge in [-0.05, 0) is 0 Å². The van der Waals surface area contributed by atoms with Gasteiger partial charge in [-0.15, -0.1) is 0 Å². The van der Waals surface area contributed by atoms with E-state index in [-0.39, 0.29) is 38.0 Å². The summed E-state index contributed by atoms with van der Waals surface area (Å²) in [5.74, 6) is -1.16. The number of amides is 2. The van der Waals surface area contributed by atoms with E-state index in [1.807, 2.05) is 0 Å². The zero-order valence-corrected chi connectivity index (χ0v) is 14.2. The summed E-state index contributed by atoms with van der Waals surface area (Å²) < 4.78 is 26.4. The molecule has 0 aromatic carbocycles. The van der Waals surface area contributed by atoms with Crippen molar-refractivity contribution in [2.45, 2.75) is 0 Å². The standard InChI is InChI=1S/C13H21N5O4S/c1-14-12(19)11-8-17(4-5-18(9-11)23(3,21)22)13(20)10-6-15-16(2)7-10/h6-7,11H,4-5,8-9H2,1-3H3,(H,14,19)/t11-/m1/s1. The minimum Gasteiger partial charge on any atom is -0.359 e. The van der Waals surface area contributed by atoms with Crippen LogP contribution in [-0.4, -0.2) is 78.7 Å². The molecule has 0 bridgehead atoms. The molecule has 0 unspecified atom stereocenters. The molecule has 0 radical (unpaired) electrons. The van der Waals surface area contributed by atoms with Crippen LogP contribution in [0.5, 0.6) is 0 Å². The average molecular weight is 343 g/mol. The molecule has 2 rings (SSSR count). The Morgan fingerprint density at radius 3 is 2.52 bits per heavy atom. The molecule has 1 aliphatic rings. The first-order chi connectivity index (χ1) is 10.7. The molecule has 0 aliphatic carbocycles. The Labute approximate surface area is 135 Å². The first-order valence-electron chi connectivity index (χ1n) is 7.17. The maximum absolute atomic E-state index is 12.6. The second-order valence-electron chi connectivity index (χ2n) is 5.59. The summed E-state index contributed by atoms with van der Waals surface area (Å²) in [6, 6.07) is 0. The summed E-state index contributed by atoms with van der Waals surface area (Å²) in [7, 11) is -0.237. The van der Waals surface area contributed by atoms with Crippen LogP contribution in [-0.2, 0) is 21.9 Å². The van der Waals surface area contributed by atoms with Crippen LogP contribution in [0.4, 0.5) is 0 Å². The van der Waals surface area contributed by atoms with Crippen molar-refractivity contribution in [2.24, 2.45) is 13.0 Å². The molecule has 1 fully saturated rings. The van der Waals surface area contributed by atoms with Gasteiger partial charge in [0, 0.05) is 46.5 Å². The van der Waals surface area contributed by atoms with Gasteiger partial charge in [-0.2, -0.15) is 9.40 Å². The predicted molar refractivity (Wildman–Crippen MR) is 83.1 cm³/mol. The molecule has 1 aliphatic heterocycles. The Morgan fingerprint density at radius 1 is 1.30 bits per heavy atom.